The van der Waals surface area contributed by atoms with Crippen LogP contribution in [0.25, 0.3) is 0 Å². The highest BCUT2D eigenvalue weighted by molar-refractivity contribution is 6.31. The van der Waals surface area contributed by atoms with Crippen molar-refractivity contribution in [3.8, 4) is 0 Å². The predicted molar refractivity (Wildman–Crippen MR) is 72.9 cm³/mol. The molecule has 2 nitrogen and oxygen atoms in total. The van der Waals surface area contributed by atoms with Crippen LogP contribution >= 0.6 is 23.2 Å². The molecule has 1 aromatic rings. The molecule has 0 fully saturated rings. The van der Waals surface area contributed by atoms with Crippen LogP contribution in [0.4, 0.5) is 0 Å². The largest absolute Gasteiger partial charge is 0.271 e. The van der Waals surface area contributed by atoms with Crippen LogP contribution in [-0.4, -0.2) is 15.2 Å². The monoisotopic (exact) mass is 272 g/mol. The second kappa shape index (κ2) is 5.45. The standard InChI is InChI=1S/C13H18Cl2N2/c1-9-13(15)12(17(2)16-9)8-10-5-3-4-6-11(14)7-10/h7,11H,3-6,8H2,1-2H3. The SMILES string of the molecule is Cc1nn(C)c(CC2=CC(Cl)CCCC2)c1Cl. The Balaban J connectivity index is 2.19. The summed E-state index contributed by atoms with van der Waals surface area (Å²) in [5.41, 5.74) is 3.40. The lowest BCUT2D eigenvalue weighted by Crippen LogP contribution is -2.01. The van der Waals surface area contributed by atoms with Crippen molar-refractivity contribution in [1.29, 1.82) is 0 Å². The number of rotatable bonds is 2. The van der Waals surface area contributed by atoms with Gasteiger partial charge in [0.05, 0.1) is 21.8 Å². The highest BCUT2D eigenvalue weighted by Gasteiger charge is 2.15. The van der Waals surface area contributed by atoms with Crippen molar-refractivity contribution in [2.75, 3.05) is 0 Å². The fraction of sp³-hybridized carbons (Fsp3) is 0.615. The summed E-state index contributed by atoms with van der Waals surface area (Å²) in [5, 5.41) is 5.32. The molecule has 1 atom stereocenters. The third-order valence-electron chi connectivity index (χ3n) is 3.30. The van der Waals surface area contributed by atoms with Crippen molar-refractivity contribution in [3.63, 3.8) is 0 Å². The second-order valence-corrected chi connectivity index (χ2v) is 5.67. The van der Waals surface area contributed by atoms with Gasteiger partial charge in [0, 0.05) is 13.5 Å². The van der Waals surface area contributed by atoms with Crippen LogP contribution in [0.3, 0.4) is 0 Å². The minimum atomic E-state index is 0.181. The molecule has 0 radical (unpaired) electrons. The zero-order valence-corrected chi connectivity index (χ0v) is 11.9. The lowest BCUT2D eigenvalue weighted by Gasteiger charge is -2.07. The summed E-state index contributed by atoms with van der Waals surface area (Å²) in [6.45, 7) is 1.94. The van der Waals surface area contributed by atoms with Gasteiger partial charge >= 0.3 is 0 Å². The Bertz CT molecular complexity index is 435. The summed E-state index contributed by atoms with van der Waals surface area (Å²) in [6.07, 6.45) is 7.73. The van der Waals surface area contributed by atoms with Gasteiger partial charge in [0.25, 0.3) is 0 Å². The van der Waals surface area contributed by atoms with E-state index in [0.717, 1.165) is 35.7 Å². The van der Waals surface area contributed by atoms with E-state index >= 15 is 0 Å². The van der Waals surface area contributed by atoms with Crippen molar-refractivity contribution >= 4 is 23.2 Å². The molecule has 1 aromatic heterocycles. The number of aromatic nitrogens is 2. The van der Waals surface area contributed by atoms with Gasteiger partial charge in [-0.15, -0.1) is 11.6 Å². The van der Waals surface area contributed by atoms with E-state index in [2.05, 4.69) is 11.2 Å². The maximum Gasteiger partial charge on any atom is 0.0850 e. The maximum atomic E-state index is 6.27. The van der Waals surface area contributed by atoms with E-state index in [9.17, 15) is 0 Å². The van der Waals surface area contributed by atoms with Crippen LogP contribution in [0.2, 0.25) is 5.02 Å². The van der Waals surface area contributed by atoms with Crippen molar-refractivity contribution in [1.82, 2.24) is 9.78 Å². The molecule has 0 spiro atoms. The van der Waals surface area contributed by atoms with Gasteiger partial charge in [-0.1, -0.05) is 29.7 Å². The number of halogens is 2. The Morgan fingerprint density at radius 2 is 2.24 bits per heavy atom. The molecule has 0 saturated carbocycles. The van der Waals surface area contributed by atoms with E-state index in [1.54, 1.807) is 0 Å². The first-order chi connectivity index (χ1) is 8.08. The molecular formula is C13H18Cl2N2. The highest BCUT2D eigenvalue weighted by atomic mass is 35.5. The third kappa shape index (κ3) is 3.05. The van der Waals surface area contributed by atoms with Gasteiger partial charge in [-0.05, 0) is 26.2 Å². The number of hydrogen-bond acceptors (Lipinski definition) is 1. The van der Waals surface area contributed by atoms with Crippen molar-refractivity contribution in [2.45, 2.75) is 44.4 Å². The van der Waals surface area contributed by atoms with Gasteiger partial charge in [-0.3, -0.25) is 4.68 Å². The Morgan fingerprint density at radius 3 is 2.88 bits per heavy atom. The number of hydrogen-bond donors (Lipinski definition) is 0. The minimum absolute atomic E-state index is 0.181. The molecule has 17 heavy (non-hydrogen) atoms. The molecule has 1 aliphatic rings. The van der Waals surface area contributed by atoms with Crippen molar-refractivity contribution < 1.29 is 0 Å². The Kier molecular flexibility index (Phi) is 4.16. The fourth-order valence-corrected chi connectivity index (χ4v) is 2.91. The molecule has 94 valence electrons. The van der Waals surface area contributed by atoms with Gasteiger partial charge in [0.1, 0.15) is 0 Å². The topological polar surface area (TPSA) is 17.8 Å². The lowest BCUT2D eigenvalue weighted by atomic mass is 10.0. The summed E-state index contributed by atoms with van der Waals surface area (Å²) in [5.74, 6) is 0. The summed E-state index contributed by atoms with van der Waals surface area (Å²) in [4.78, 5) is 0. The molecular weight excluding hydrogens is 255 g/mol. The summed E-state index contributed by atoms with van der Waals surface area (Å²) in [7, 11) is 1.95. The second-order valence-electron chi connectivity index (χ2n) is 4.73. The van der Waals surface area contributed by atoms with Crippen LogP contribution in [-0.2, 0) is 13.5 Å². The predicted octanol–water partition coefficient (Wildman–Crippen LogP) is 4.03. The number of allylic oxidation sites excluding steroid dienone is 2. The Hall–Kier alpha value is -0.470. The molecule has 4 heteroatoms. The maximum absolute atomic E-state index is 6.27. The van der Waals surface area contributed by atoms with E-state index in [1.165, 1.54) is 18.4 Å². The van der Waals surface area contributed by atoms with E-state index in [1.807, 2.05) is 18.7 Å². The quantitative estimate of drug-likeness (QED) is 0.587. The van der Waals surface area contributed by atoms with Crippen LogP contribution in [0.5, 0.6) is 0 Å². The average Bonchev–Trinajstić information content (AvgIpc) is 2.46. The Morgan fingerprint density at radius 1 is 1.47 bits per heavy atom. The molecule has 0 aliphatic heterocycles. The molecule has 1 heterocycles. The van der Waals surface area contributed by atoms with Crippen molar-refractivity contribution in [2.24, 2.45) is 7.05 Å². The van der Waals surface area contributed by atoms with Crippen LogP contribution in [0.1, 0.15) is 37.1 Å². The van der Waals surface area contributed by atoms with Gasteiger partial charge in [-0.2, -0.15) is 5.10 Å². The average molecular weight is 273 g/mol. The number of aryl methyl sites for hydroxylation is 2. The van der Waals surface area contributed by atoms with Crippen molar-refractivity contribution in [3.05, 3.63) is 28.1 Å². The van der Waals surface area contributed by atoms with Gasteiger partial charge in [0.15, 0.2) is 0 Å². The molecule has 1 aliphatic carbocycles. The van der Waals surface area contributed by atoms with Crippen LogP contribution < -0.4 is 0 Å². The van der Waals surface area contributed by atoms with Gasteiger partial charge in [-0.25, -0.2) is 0 Å². The normalized spacial score (nSPS) is 21.2. The van der Waals surface area contributed by atoms with E-state index in [4.69, 9.17) is 23.2 Å². The van der Waals surface area contributed by atoms with E-state index < -0.39 is 0 Å². The summed E-state index contributed by atoms with van der Waals surface area (Å²) >= 11 is 12.5. The number of nitrogens with zero attached hydrogens (tertiary/aromatic N) is 2. The molecule has 0 bridgehead atoms. The first-order valence-electron chi connectivity index (χ1n) is 6.09. The lowest BCUT2D eigenvalue weighted by molar-refractivity contribution is 0.690. The zero-order valence-electron chi connectivity index (χ0n) is 10.3. The molecule has 2 rings (SSSR count). The zero-order chi connectivity index (χ0) is 12.4. The Labute approximate surface area is 113 Å². The van der Waals surface area contributed by atoms with E-state index in [0.29, 0.717) is 0 Å². The molecule has 0 aromatic carbocycles. The molecule has 1 unspecified atom stereocenters. The smallest absolute Gasteiger partial charge is 0.0850 e. The van der Waals surface area contributed by atoms with E-state index in [-0.39, 0.29) is 5.38 Å². The first-order valence-corrected chi connectivity index (χ1v) is 6.91. The highest BCUT2D eigenvalue weighted by Crippen LogP contribution is 2.27. The van der Waals surface area contributed by atoms with Gasteiger partial charge in [0.2, 0.25) is 0 Å². The minimum Gasteiger partial charge on any atom is -0.271 e. The molecule has 0 N–H and O–H groups in total. The molecule has 0 amide bonds. The van der Waals surface area contributed by atoms with Gasteiger partial charge < -0.3 is 0 Å². The van der Waals surface area contributed by atoms with Crippen LogP contribution in [0.15, 0.2) is 11.6 Å². The first kappa shape index (κ1) is 13.0. The summed E-state index contributed by atoms with van der Waals surface area (Å²) in [6, 6.07) is 0. The molecule has 0 saturated heterocycles. The van der Waals surface area contributed by atoms with Crippen LogP contribution in [0, 0.1) is 6.92 Å². The fourth-order valence-electron chi connectivity index (χ4n) is 2.35. The third-order valence-corrected chi connectivity index (χ3v) is 4.14. The summed E-state index contributed by atoms with van der Waals surface area (Å²) < 4.78 is 1.88. The number of alkyl halides is 1.